The molecular weight excluding hydrogens is 351 g/mol. The molecule has 138 valence electrons. The molecule has 0 N–H and O–H groups in total. The summed E-state index contributed by atoms with van der Waals surface area (Å²) in [4.78, 5) is 12.8. The third kappa shape index (κ3) is 4.40. The van der Waals surface area contributed by atoms with E-state index in [4.69, 9.17) is 4.74 Å². The van der Waals surface area contributed by atoms with E-state index in [2.05, 4.69) is 36.4 Å². The summed E-state index contributed by atoms with van der Waals surface area (Å²) in [6.07, 6.45) is 0. The summed E-state index contributed by atoms with van der Waals surface area (Å²) in [5.41, 5.74) is 0. The topological polar surface area (TPSA) is 26.3 Å². The Hall–Kier alpha value is -2.57. The molecule has 0 radical (unpaired) electrons. The van der Waals surface area contributed by atoms with Crippen LogP contribution in [0.25, 0.3) is 0 Å². The fraction of sp³-hybridized carbons (Fsp3) is 0.167. The largest absolute Gasteiger partial charge is 0.462 e. The van der Waals surface area contributed by atoms with Crippen LogP contribution in [0.4, 0.5) is 0 Å². The zero-order valence-corrected chi connectivity index (χ0v) is 16.7. The van der Waals surface area contributed by atoms with Crippen LogP contribution in [0, 0.1) is 5.92 Å². The van der Waals surface area contributed by atoms with Crippen LogP contribution in [0.5, 0.6) is 0 Å². The Bertz CT molecular complexity index is 813. The van der Waals surface area contributed by atoms with Crippen molar-refractivity contribution in [3.8, 4) is 0 Å². The van der Waals surface area contributed by atoms with Crippen LogP contribution in [-0.2, 0) is 9.53 Å². The Labute approximate surface area is 161 Å². The first-order valence-corrected chi connectivity index (χ1v) is 11.1. The number of carbonyl (C=O) groups excluding carboxylic acids is 1. The fourth-order valence-electron chi connectivity index (χ4n) is 3.10. The van der Waals surface area contributed by atoms with E-state index < -0.39 is 6.89 Å². The first-order valence-electron chi connectivity index (χ1n) is 9.21. The molecule has 0 heterocycles. The highest BCUT2D eigenvalue weighted by atomic mass is 31.2. The number of benzene rings is 3. The minimum absolute atomic E-state index is 0.256. The maximum atomic E-state index is 12.8. The highest BCUT2D eigenvalue weighted by molar-refractivity contribution is 7.95. The van der Waals surface area contributed by atoms with Crippen LogP contribution in [0.1, 0.15) is 13.8 Å². The lowest BCUT2D eigenvalue weighted by molar-refractivity contribution is -0.135. The SMILES string of the molecule is CC(C)COC(=O)C=P(c1ccccc1)(c1ccccc1)c1ccccc1. The monoisotopic (exact) mass is 376 g/mol. The zero-order valence-electron chi connectivity index (χ0n) is 15.8. The number of hydrogen-bond donors (Lipinski definition) is 0. The predicted molar refractivity (Wildman–Crippen MR) is 117 cm³/mol. The van der Waals surface area contributed by atoms with Crippen molar-refractivity contribution in [3.63, 3.8) is 0 Å². The standard InChI is InChI=1S/C24H25O2P/c1-20(2)18-26-24(25)19-27(21-12-6-3-7-13-21,22-14-8-4-9-15-22)23-16-10-5-11-17-23/h3-17,19-20H,18H2,1-2H3. The summed E-state index contributed by atoms with van der Waals surface area (Å²) in [6.45, 7) is 2.24. The van der Waals surface area contributed by atoms with Crippen molar-refractivity contribution in [1.82, 2.24) is 0 Å². The number of rotatable bonds is 6. The summed E-state index contributed by atoms with van der Waals surface area (Å²) >= 11 is 0. The van der Waals surface area contributed by atoms with Crippen LogP contribution in [0.15, 0.2) is 91.0 Å². The van der Waals surface area contributed by atoms with Gasteiger partial charge in [0.05, 0.1) is 6.61 Å². The van der Waals surface area contributed by atoms with Gasteiger partial charge in [-0.25, -0.2) is 4.79 Å². The molecule has 0 aliphatic rings. The summed E-state index contributed by atoms with van der Waals surface area (Å²) in [6, 6.07) is 30.9. The van der Waals surface area contributed by atoms with Crippen molar-refractivity contribution in [2.75, 3.05) is 6.61 Å². The van der Waals surface area contributed by atoms with Crippen molar-refractivity contribution in [1.29, 1.82) is 0 Å². The Morgan fingerprint density at radius 1 is 0.778 bits per heavy atom. The van der Waals surface area contributed by atoms with Gasteiger partial charge in [-0.05, 0) is 28.7 Å². The van der Waals surface area contributed by atoms with E-state index in [1.165, 1.54) is 0 Å². The highest BCUT2D eigenvalue weighted by Gasteiger charge is 2.26. The lowest BCUT2D eigenvalue weighted by Gasteiger charge is -2.28. The van der Waals surface area contributed by atoms with E-state index in [-0.39, 0.29) is 5.97 Å². The van der Waals surface area contributed by atoms with Crippen molar-refractivity contribution in [2.24, 2.45) is 5.92 Å². The minimum Gasteiger partial charge on any atom is -0.462 e. The molecule has 0 aliphatic carbocycles. The van der Waals surface area contributed by atoms with Crippen molar-refractivity contribution in [2.45, 2.75) is 13.8 Å². The summed E-state index contributed by atoms with van der Waals surface area (Å²) in [5, 5.41) is 3.43. The third-order valence-corrected chi connectivity index (χ3v) is 8.28. The molecule has 0 aliphatic heterocycles. The van der Waals surface area contributed by atoms with E-state index in [0.29, 0.717) is 12.5 Å². The molecule has 0 amide bonds. The van der Waals surface area contributed by atoms with E-state index in [1.807, 2.05) is 74.2 Å². The van der Waals surface area contributed by atoms with Gasteiger partial charge < -0.3 is 4.74 Å². The Morgan fingerprint density at radius 3 is 1.48 bits per heavy atom. The van der Waals surface area contributed by atoms with E-state index in [9.17, 15) is 4.79 Å². The van der Waals surface area contributed by atoms with E-state index in [1.54, 1.807) is 0 Å². The Kier molecular flexibility index (Phi) is 6.32. The first-order chi connectivity index (χ1) is 13.1. The quantitative estimate of drug-likeness (QED) is 0.480. The normalized spacial score (nSPS) is 11.2. The zero-order chi connectivity index (χ0) is 19.1. The molecule has 3 aromatic rings. The van der Waals surface area contributed by atoms with Gasteiger partial charge in [0.25, 0.3) is 0 Å². The molecule has 0 saturated heterocycles. The van der Waals surface area contributed by atoms with Gasteiger partial charge in [-0.15, -0.1) is 0 Å². The second kappa shape index (κ2) is 8.88. The van der Waals surface area contributed by atoms with Crippen LogP contribution in [0.3, 0.4) is 0 Å². The predicted octanol–water partition coefficient (Wildman–Crippen LogP) is 3.98. The Balaban J connectivity index is 2.28. The molecule has 2 nitrogen and oxygen atoms in total. The number of ether oxygens (including phenoxy) is 1. The van der Waals surface area contributed by atoms with Gasteiger partial charge in [-0.1, -0.05) is 105 Å². The second-order valence-corrected chi connectivity index (χ2v) is 10.1. The van der Waals surface area contributed by atoms with Crippen LogP contribution < -0.4 is 15.9 Å². The molecule has 0 spiro atoms. The molecule has 0 saturated carbocycles. The minimum atomic E-state index is -2.27. The smallest absolute Gasteiger partial charge is 0.331 e. The van der Waals surface area contributed by atoms with Crippen LogP contribution in [0.2, 0.25) is 0 Å². The van der Waals surface area contributed by atoms with Crippen molar-refractivity contribution < 1.29 is 9.53 Å². The van der Waals surface area contributed by atoms with Gasteiger partial charge in [-0.3, -0.25) is 0 Å². The maximum absolute atomic E-state index is 12.8. The van der Waals surface area contributed by atoms with Gasteiger partial charge in [0, 0.05) is 5.80 Å². The second-order valence-electron chi connectivity index (χ2n) is 6.88. The van der Waals surface area contributed by atoms with Gasteiger partial charge in [0.1, 0.15) is 0 Å². The number of hydrogen-bond acceptors (Lipinski definition) is 2. The molecule has 0 unspecified atom stereocenters. The molecule has 0 atom stereocenters. The van der Waals surface area contributed by atoms with E-state index >= 15 is 0 Å². The molecule has 0 aromatic heterocycles. The molecule has 0 fully saturated rings. The lowest BCUT2D eigenvalue weighted by atomic mass is 10.2. The molecule has 3 aromatic carbocycles. The van der Waals surface area contributed by atoms with Gasteiger partial charge in [0.2, 0.25) is 0 Å². The molecular formula is C24H25O2P. The molecule has 27 heavy (non-hydrogen) atoms. The average molecular weight is 376 g/mol. The molecule has 0 bridgehead atoms. The average Bonchev–Trinajstić information content (AvgIpc) is 2.72. The van der Waals surface area contributed by atoms with Gasteiger partial charge >= 0.3 is 5.97 Å². The highest BCUT2D eigenvalue weighted by Crippen LogP contribution is 2.43. The summed E-state index contributed by atoms with van der Waals surface area (Å²) in [5.74, 6) is 1.88. The lowest BCUT2D eigenvalue weighted by Crippen LogP contribution is -2.29. The third-order valence-electron chi connectivity index (χ3n) is 4.35. The number of carbonyl (C=O) groups is 1. The van der Waals surface area contributed by atoms with Crippen molar-refractivity contribution >= 4 is 34.6 Å². The van der Waals surface area contributed by atoms with E-state index in [0.717, 1.165) is 15.9 Å². The van der Waals surface area contributed by atoms with Gasteiger partial charge in [-0.2, -0.15) is 0 Å². The molecule has 3 heteroatoms. The van der Waals surface area contributed by atoms with Crippen LogP contribution in [-0.4, -0.2) is 18.4 Å². The Morgan fingerprint density at radius 2 is 1.15 bits per heavy atom. The summed E-state index contributed by atoms with van der Waals surface area (Å²) < 4.78 is 5.56. The first kappa shape index (κ1) is 19.2. The van der Waals surface area contributed by atoms with Crippen LogP contribution >= 0.6 is 6.89 Å². The maximum Gasteiger partial charge on any atom is 0.331 e. The number of esters is 1. The van der Waals surface area contributed by atoms with Gasteiger partial charge in [0.15, 0.2) is 0 Å². The molecule has 3 rings (SSSR count). The fourth-order valence-corrected chi connectivity index (χ4v) is 6.76. The summed E-state index contributed by atoms with van der Waals surface area (Å²) in [7, 11) is 0. The van der Waals surface area contributed by atoms with Crippen molar-refractivity contribution in [3.05, 3.63) is 91.0 Å².